The summed E-state index contributed by atoms with van der Waals surface area (Å²) in [6.45, 7) is 5.34. The summed E-state index contributed by atoms with van der Waals surface area (Å²) < 4.78 is 69.4. The molecule has 1 aliphatic rings. The van der Waals surface area contributed by atoms with E-state index in [0.717, 1.165) is 38.5 Å². The van der Waals surface area contributed by atoms with Crippen LogP contribution in [0.4, 0.5) is 17.6 Å². The van der Waals surface area contributed by atoms with E-state index >= 15 is 8.78 Å². The maximum Gasteiger partial charge on any atom is 0.341 e. The molecule has 0 bridgehead atoms. The Labute approximate surface area is 250 Å². The van der Waals surface area contributed by atoms with Crippen LogP contribution >= 0.6 is 27.5 Å². The fourth-order valence-electron chi connectivity index (χ4n) is 5.44. The van der Waals surface area contributed by atoms with Crippen molar-refractivity contribution in [3.63, 3.8) is 0 Å². The highest BCUT2D eigenvalue weighted by Gasteiger charge is 2.94. The fourth-order valence-corrected chi connectivity index (χ4v) is 6.85. The summed E-state index contributed by atoms with van der Waals surface area (Å²) in [4.78, 5) is 0. The summed E-state index contributed by atoms with van der Waals surface area (Å²) in [6.07, 6.45) is 13.4. The number of alkyl halides is 6. The topological polar surface area (TPSA) is 18.5 Å². The van der Waals surface area contributed by atoms with Gasteiger partial charge in [-0.25, -0.2) is 0 Å². The average molecular weight is 650 g/mol. The molecule has 1 unspecified atom stereocenters. The molecular weight excluding hydrogens is 608 g/mol. The van der Waals surface area contributed by atoms with Crippen molar-refractivity contribution in [3.05, 3.63) is 59.7 Å². The van der Waals surface area contributed by atoms with Crippen molar-refractivity contribution in [2.75, 3.05) is 13.2 Å². The third kappa shape index (κ3) is 6.45. The molecule has 0 heterocycles. The molecule has 1 fully saturated rings. The van der Waals surface area contributed by atoms with Gasteiger partial charge in [0, 0.05) is 0 Å². The summed E-state index contributed by atoms with van der Waals surface area (Å²) in [5.74, 6) is -7.95. The first-order chi connectivity index (χ1) is 19.1. The van der Waals surface area contributed by atoms with Gasteiger partial charge in [-0.2, -0.15) is 17.6 Å². The van der Waals surface area contributed by atoms with Crippen LogP contribution in [0.3, 0.4) is 0 Å². The highest BCUT2D eigenvalue weighted by molar-refractivity contribution is 9.10. The number of ether oxygens (including phenoxy) is 2. The molecule has 2 nitrogen and oxygen atoms in total. The zero-order valence-corrected chi connectivity index (χ0v) is 25.9. The lowest BCUT2D eigenvalue weighted by molar-refractivity contribution is -0.320. The molecule has 8 heteroatoms. The Balaban J connectivity index is 1.73. The first-order valence-electron chi connectivity index (χ1n) is 14.7. The number of hydrogen-bond donors (Lipinski definition) is 0. The van der Waals surface area contributed by atoms with Gasteiger partial charge in [0.25, 0.3) is 0 Å². The first kappa shape index (κ1) is 33.0. The minimum absolute atomic E-state index is 0.0250. The van der Waals surface area contributed by atoms with Crippen LogP contribution in [0, 0.1) is 0 Å². The highest BCUT2D eigenvalue weighted by atomic mass is 79.9. The van der Waals surface area contributed by atoms with Gasteiger partial charge >= 0.3 is 11.8 Å². The second kappa shape index (κ2) is 14.6. The number of hydrogen-bond acceptors (Lipinski definition) is 2. The first-order valence-corrected chi connectivity index (χ1v) is 15.8. The van der Waals surface area contributed by atoms with Gasteiger partial charge < -0.3 is 9.47 Å². The van der Waals surface area contributed by atoms with E-state index in [1.807, 2.05) is 0 Å². The molecular formula is C32H42BrClF4O2. The van der Waals surface area contributed by atoms with Gasteiger partial charge in [0.15, 0.2) is 3.78 Å². The van der Waals surface area contributed by atoms with Crippen molar-refractivity contribution in [2.45, 2.75) is 112 Å². The number of benzene rings is 2. The lowest BCUT2D eigenvalue weighted by Crippen LogP contribution is -2.83. The molecule has 0 N–H and O–H groups in total. The smallest absolute Gasteiger partial charge is 0.341 e. The number of halogens is 6. The Kier molecular flexibility index (Phi) is 12.1. The third-order valence-corrected chi connectivity index (χ3v) is 9.45. The summed E-state index contributed by atoms with van der Waals surface area (Å²) in [5, 5.41) is 0. The van der Waals surface area contributed by atoms with E-state index in [-0.39, 0.29) is 11.1 Å². The predicted molar refractivity (Wildman–Crippen MR) is 159 cm³/mol. The molecule has 0 spiro atoms. The Morgan fingerprint density at radius 3 is 1.27 bits per heavy atom. The van der Waals surface area contributed by atoms with Crippen molar-refractivity contribution in [1.29, 1.82) is 0 Å². The fraction of sp³-hybridized carbons (Fsp3) is 0.625. The van der Waals surface area contributed by atoms with Crippen LogP contribution in [0.5, 0.6) is 11.5 Å². The van der Waals surface area contributed by atoms with Crippen LogP contribution in [0.25, 0.3) is 0 Å². The molecule has 0 aromatic heterocycles. The molecule has 1 atom stereocenters. The van der Waals surface area contributed by atoms with E-state index in [2.05, 4.69) is 29.8 Å². The molecule has 1 aliphatic carbocycles. The summed E-state index contributed by atoms with van der Waals surface area (Å²) in [7, 11) is 0. The van der Waals surface area contributed by atoms with Gasteiger partial charge in [0.2, 0.25) is 0 Å². The molecule has 2 aromatic rings. The van der Waals surface area contributed by atoms with Gasteiger partial charge in [-0.15, -0.1) is 0 Å². The number of unbranched alkanes of at least 4 members (excludes halogenated alkanes) is 10. The molecule has 1 saturated carbocycles. The van der Waals surface area contributed by atoms with Gasteiger partial charge in [-0.3, -0.25) is 0 Å². The Morgan fingerprint density at radius 1 is 0.575 bits per heavy atom. The van der Waals surface area contributed by atoms with Gasteiger partial charge in [-0.05, 0) is 48.2 Å². The largest absolute Gasteiger partial charge is 0.494 e. The highest BCUT2D eigenvalue weighted by Crippen LogP contribution is 2.77. The maximum atomic E-state index is 15.5. The summed E-state index contributed by atoms with van der Waals surface area (Å²) in [5.41, 5.74) is -2.56. The number of rotatable bonds is 18. The molecule has 224 valence electrons. The quantitative estimate of drug-likeness (QED) is 0.0909. The van der Waals surface area contributed by atoms with Gasteiger partial charge in [0.05, 0.1) is 13.2 Å². The van der Waals surface area contributed by atoms with E-state index in [1.54, 1.807) is 24.3 Å². The molecule has 2 aromatic carbocycles. The van der Waals surface area contributed by atoms with E-state index in [9.17, 15) is 8.78 Å². The van der Waals surface area contributed by atoms with Crippen LogP contribution in [-0.4, -0.2) is 28.8 Å². The van der Waals surface area contributed by atoms with Crippen molar-refractivity contribution in [3.8, 4) is 11.5 Å². The van der Waals surface area contributed by atoms with Gasteiger partial charge in [-0.1, -0.05) is 130 Å². The van der Waals surface area contributed by atoms with E-state index in [4.69, 9.17) is 21.1 Å². The van der Waals surface area contributed by atoms with E-state index < -0.39 is 21.0 Å². The lowest BCUT2D eigenvalue weighted by atomic mass is 9.54. The predicted octanol–water partition coefficient (Wildman–Crippen LogP) is 11.1. The minimum atomic E-state index is -4.48. The molecule has 0 radical (unpaired) electrons. The monoisotopic (exact) mass is 648 g/mol. The van der Waals surface area contributed by atoms with Crippen LogP contribution in [-0.2, 0) is 5.41 Å². The van der Waals surface area contributed by atoms with Crippen LogP contribution in [0.2, 0.25) is 0 Å². The van der Waals surface area contributed by atoms with Crippen LogP contribution < -0.4 is 9.47 Å². The van der Waals surface area contributed by atoms with E-state index in [0.29, 0.717) is 24.7 Å². The zero-order valence-electron chi connectivity index (χ0n) is 23.6. The minimum Gasteiger partial charge on any atom is -0.494 e. The average Bonchev–Trinajstić information content (AvgIpc) is 2.93. The molecule has 3 rings (SSSR count). The third-order valence-electron chi connectivity index (χ3n) is 7.84. The van der Waals surface area contributed by atoms with Crippen molar-refractivity contribution in [2.24, 2.45) is 0 Å². The molecule has 0 saturated heterocycles. The summed E-state index contributed by atoms with van der Waals surface area (Å²) in [6, 6.07) is 11.8. The molecule has 40 heavy (non-hydrogen) atoms. The van der Waals surface area contributed by atoms with Crippen LogP contribution in [0.1, 0.15) is 102 Å². The van der Waals surface area contributed by atoms with Crippen molar-refractivity contribution in [1.82, 2.24) is 0 Å². The second-order valence-electron chi connectivity index (χ2n) is 10.8. The van der Waals surface area contributed by atoms with Crippen LogP contribution in [0.15, 0.2) is 48.5 Å². The maximum absolute atomic E-state index is 15.5. The van der Waals surface area contributed by atoms with Crippen molar-refractivity contribution < 1.29 is 27.0 Å². The molecule has 0 amide bonds. The zero-order chi connectivity index (χ0) is 29.3. The Morgan fingerprint density at radius 2 is 0.925 bits per heavy atom. The normalized spacial score (nSPS) is 20.6. The Hall–Kier alpha value is -1.47. The SMILES string of the molecule is CCCCCCCCOc1ccc(C2(c3ccc(OCCCCCCCC)cc3)C(F)(F)C(F)(F)C2(Cl)Br)cc1. The second-order valence-corrected chi connectivity index (χ2v) is 13.0. The van der Waals surface area contributed by atoms with E-state index in [1.165, 1.54) is 62.8 Å². The lowest BCUT2D eigenvalue weighted by Gasteiger charge is -2.62. The van der Waals surface area contributed by atoms with Gasteiger partial charge in [0.1, 0.15) is 16.9 Å². The molecule has 0 aliphatic heterocycles. The standard InChI is InChI=1S/C32H42BrClF4O2/c1-3-5-7-9-11-13-23-39-27-19-15-25(16-20-27)29(30(33,34)32(37,38)31(29,35)36)26-17-21-28(22-18-26)40-24-14-12-10-8-6-4-2/h15-22H,3-14,23-24H2,1-2H3. The Bertz CT molecular complexity index is 947. The summed E-state index contributed by atoms with van der Waals surface area (Å²) >= 11 is 9.11. The van der Waals surface area contributed by atoms with Crippen molar-refractivity contribution >= 4 is 27.5 Å².